The molecular weight excluding hydrogens is 262 g/mol. The molecular formula is C17H27N3O. The van der Waals surface area contributed by atoms with Crippen LogP contribution in [0.15, 0.2) is 18.2 Å². The van der Waals surface area contributed by atoms with Gasteiger partial charge in [0, 0.05) is 25.7 Å². The number of anilines is 2. The monoisotopic (exact) mass is 289 g/mol. The average Bonchev–Trinajstić information content (AvgIpc) is 3.01. The largest absolute Gasteiger partial charge is 0.497 e. The average molecular weight is 289 g/mol. The minimum Gasteiger partial charge on any atom is -0.497 e. The number of nitrogens with zero attached hydrogens (tertiary/aromatic N) is 2. The molecule has 1 aromatic carbocycles. The van der Waals surface area contributed by atoms with E-state index in [2.05, 4.69) is 15.9 Å². The third-order valence-electron chi connectivity index (χ3n) is 4.90. The fourth-order valence-corrected chi connectivity index (χ4v) is 3.63. The van der Waals surface area contributed by atoms with Gasteiger partial charge >= 0.3 is 0 Å². The molecule has 2 saturated heterocycles. The highest BCUT2D eigenvalue weighted by Crippen LogP contribution is 2.31. The number of rotatable bonds is 4. The Kier molecular flexibility index (Phi) is 4.54. The van der Waals surface area contributed by atoms with E-state index in [-0.39, 0.29) is 0 Å². The Morgan fingerprint density at radius 2 is 1.86 bits per heavy atom. The predicted octanol–water partition coefficient (Wildman–Crippen LogP) is 2.59. The Hall–Kier alpha value is -1.42. The summed E-state index contributed by atoms with van der Waals surface area (Å²) in [6, 6.07) is 6.02. The van der Waals surface area contributed by atoms with Gasteiger partial charge in [0.1, 0.15) is 5.75 Å². The third-order valence-corrected chi connectivity index (χ3v) is 4.90. The summed E-state index contributed by atoms with van der Waals surface area (Å²) in [6.45, 7) is 6.16. The van der Waals surface area contributed by atoms with E-state index in [0.717, 1.165) is 36.1 Å². The Labute approximate surface area is 127 Å². The second-order valence-corrected chi connectivity index (χ2v) is 6.36. The van der Waals surface area contributed by atoms with Gasteiger partial charge in [-0.2, -0.15) is 0 Å². The van der Waals surface area contributed by atoms with Crippen LogP contribution in [0.5, 0.6) is 5.75 Å². The summed E-state index contributed by atoms with van der Waals surface area (Å²) in [5, 5.41) is 0. The molecule has 3 rings (SSSR count). The number of piperidine rings is 1. The molecule has 0 amide bonds. The second-order valence-electron chi connectivity index (χ2n) is 6.36. The summed E-state index contributed by atoms with van der Waals surface area (Å²) >= 11 is 0. The molecule has 2 heterocycles. The number of hydrogen-bond donors (Lipinski definition) is 1. The molecule has 2 fully saturated rings. The summed E-state index contributed by atoms with van der Waals surface area (Å²) in [5.41, 5.74) is 8.15. The van der Waals surface area contributed by atoms with Crippen molar-refractivity contribution in [3.63, 3.8) is 0 Å². The van der Waals surface area contributed by atoms with E-state index < -0.39 is 0 Å². The van der Waals surface area contributed by atoms with Gasteiger partial charge < -0.3 is 20.3 Å². The molecule has 0 unspecified atom stereocenters. The third kappa shape index (κ3) is 3.43. The van der Waals surface area contributed by atoms with Crippen molar-refractivity contribution in [1.29, 1.82) is 0 Å². The van der Waals surface area contributed by atoms with Gasteiger partial charge in [0.2, 0.25) is 0 Å². The fourth-order valence-electron chi connectivity index (χ4n) is 3.63. The topological polar surface area (TPSA) is 41.7 Å². The van der Waals surface area contributed by atoms with Gasteiger partial charge in [0.05, 0.1) is 18.5 Å². The second kappa shape index (κ2) is 6.56. The number of nitrogens with two attached hydrogens (primary N) is 1. The van der Waals surface area contributed by atoms with Crippen LogP contribution < -0.4 is 15.4 Å². The van der Waals surface area contributed by atoms with Crippen LogP contribution in [0.2, 0.25) is 0 Å². The van der Waals surface area contributed by atoms with Crippen molar-refractivity contribution in [2.45, 2.75) is 25.7 Å². The number of nitrogen functional groups attached to an aromatic ring is 1. The van der Waals surface area contributed by atoms with Crippen molar-refractivity contribution < 1.29 is 4.74 Å². The van der Waals surface area contributed by atoms with Crippen LogP contribution in [0.3, 0.4) is 0 Å². The lowest BCUT2D eigenvalue weighted by atomic mass is 9.95. The van der Waals surface area contributed by atoms with Crippen molar-refractivity contribution in [3.8, 4) is 5.75 Å². The highest BCUT2D eigenvalue weighted by atomic mass is 16.5. The van der Waals surface area contributed by atoms with E-state index in [1.807, 2.05) is 12.1 Å². The van der Waals surface area contributed by atoms with Crippen LogP contribution >= 0.6 is 0 Å². The van der Waals surface area contributed by atoms with E-state index >= 15 is 0 Å². The molecule has 0 bridgehead atoms. The Bertz CT molecular complexity index is 463. The summed E-state index contributed by atoms with van der Waals surface area (Å²) in [6.07, 6.45) is 5.34. The number of methoxy groups -OCH3 is 1. The predicted molar refractivity (Wildman–Crippen MR) is 88.0 cm³/mol. The van der Waals surface area contributed by atoms with Crippen molar-refractivity contribution in [3.05, 3.63) is 18.2 Å². The van der Waals surface area contributed by atoms with Crippen LogP contribution in [0.1, 0.15) is 25.7 Å². The lowest BCUT2D eigenvalue weighted by molar-refractivity contribution is 0.249. The van der Waals surface area contributed by atoms with E-state index in [1.165, 1.54) is 45.3 Å². The zero-order chi connectivity index (χ0) is 14.7. The van der Waals surface area contributed by atoms with Crippen LogP contribution in [-0.2, 0) is 0 Å². The summed E-state index contributed by atoms with van der Waals surface area (Å²) in [5.74, 6) is 1.69. The maximum Gasteiger partial charge on any atom is 0.121 e. The van der Waals surface area contributed by atoms with Crippen molar-refractivity contribution in [2.75, 3.05) is 50.5 Å². The normalized spacial score (nSPS) is 20.9. The molecule has 116 valence electrons. The van der Waals surface area contributed by atoms with Gasteiger partial charge in [-0.05, 0) is 56.8 Å². The first-order chi connectivity index (χ1) is 10.3. The van der Waals surface area contributed by atoms with Gasteiger partial charge in [-0.25, -0.2) is 0 Å². The van der Waals surface area contributed by atoms with Crippen LogP contribution in [0, 0.1) is 5.92 Å². The van der Waals surface area contributed by atoms with Crippen LogP contribution in [0.4, 0.5) is 11.4 Å². The molecule has 0 radical (unpaired) electrons. The number of hydrogen-bond acceptors (Lipinski definition) is 4. The fraction of sp³-hybridized carbons (Fsp3) is 0.647. The number of benzene rings is 1. The first kappa shape index (κ1) is 14.5. The van der Waals surface area contributed by atoms with E-state index in [1.54, 1.807) is 7.11 Å². The molecule has 0 spiro atoms. The van der Waals surface area contributed by atoms with E-state index in [0.29, 0.717) is 0 Å². The van der Waals surface area contributed by atoms with E-state index in [4.69, 9.17) is 10.5 Å². The first-order valence-corrected chi connectivity index (χ1v) is 8.17. The summed E-state index contributed by atoms with van der Waals surface area (Å²) in [7, 11) is 1.68. The molecule has 0 aliphatic carbocycles. The molecule has 2 aliphatic rings. The highest BCUT2D eigenvalue weighted by molar-refractivity contribution is 5.69. The minimum atomic E-state index is 0.826. The molecule has 0 saturated carbocycles. The lowest BCUT2D eigenvalue weighted by Crippen LogP contribution is -2.38. The molecule has 2 N–H and O–H groups in total. The standard InChI is InChI=1S/C17H27N3O/c1-21-15-4-5-17(16(18)12-15)20-10-6-14(7-11-20)13-19-8-2-3-9-19/h4-5,12,14H,2-3,6-11,13,18H2,1H3. The molecule has 4 heteroatoms. The zero-order valence-electron chi connectivity index (χ0n) is 13.1. The summed E-state index contributed by atoms with van der Waals surface area (Å²) in [4.78, 5) is 5.07. The Morgan fingerprint density at radius 3 is 2.48 bits per heavy atom. The maximum atomic E-state index is 6.16. The van der Waals surface area contributed by atoms with Crippen LogP contribution in [-0.4, -0.2) is 44.7 Å². The quantitative estimate of drug-likeness (QED) is 0.865. The molecule has 2 aliphatic heterocycles. The lowest BCUT2D eigenvalue weighted by Gasteiger charge is -2.35. The highest BCUT2D eigenvalue weighted by Gasteiger charge is 2.23. The smallest absolute Gasteiger partial charge is 0.121 e. The van der Waals surface area contributed by atoms with Crippen molar-refractivity contribution in [1.82, 2.24) is 4.90 Å². The maximum absolute atomic E-state index is 6.16. The van der Waals surface area contributed by atoms with E-state index in [9.17, 15) is 0 Å². The van der Waals surface area contributed by atoms with Gasteiger partial charge in [0.25, 0.3) is 0 Å². The Morgan fingerprint density at radius 1 is 1.14 bits per heavy atom. The molecule has 0 aromatic heterocycles. The van der Waals surface area contributed by atoms with Gasteiger partial charge in [-0.1, -0.05) is 0 Å². The van der Waals surface area contributed by atoms with Gasteiger partial charge in [-0.15, -0.1) is 0 Å². The molecule has 4 nitrogen and oxygen atoms in total. The first-order valence-electron chi connectivity index (χ1n) is 8.17. The molecule has 0 atom stereocenters. The molecule has 21 heavy (non-hydrogen) atoms. The molecule has 1 aromatic rings. The number of likely N-dealkylation sites (tertiary alicyclic amines) is 1. The zero-order valence-corrected chi connectivity index (χ0v) is 13.1. The van der Waals surface area contributed by atoms with Gasteiger partial charge in [-0.3, -0.25) is 0 Å². The number of ether oxygens (including phenoxy) is 1. The van der Waals surface area contributed by atoms with Crippen molar-refractivity contribution >= 4 is 11.4 Å². The van der Waals surface area contributed by atoms with Crippen LogP contribution in [0.25, 0.3) is 0 Å². The minimum absolute atomic E-state index is 0.826. The van der Waals surface area contributed by atoms with Gasteiger partial charge in [0.15, 0.2) is 0 Å². The SMILES string of the molecule is COc1ccc(N2CCC(CN3CCCC3)CC2)c(N)c1. The Balaban J connectivity index is 1.55. The van der Waals surface area contributed by atoms with Crippen molar-refractivity contribution in [2.24, 2.45) is 5.92 Å². The summed E-state index contributed by atoms with van der Waals surface area (Å²) < 4.78 is 5.22.